The van der Waals surface area contributed by atoms with Gasteiger partial charge in [0.2, 0.25) is 10.0 Å². The fraction of sp³-hybridized carbons (Fsp3) is 0.278. The Labute approximate surface area is 161 Å². The summed E-state index contributed by atoms with van der Waals surface area (Å²) in [4.78, 5) is 4.52. The van der Waals surface area contributed by atoms with Crippen molar-refractivity contribution in [1.29, 1.82) is 0 Å². The smallest absolute Gasteiger partial charge is 0.256 e. The molecular formula is C18H19FN2O4S2. The van der Waals surface area contributed by atoms with E-state index in [2.05, 4.69) is 4.98 Å². The van der Waals surface area contributed by atoms with Gasteiger partial charge < -0.3 is 9.15 Å². The van der Waals surface area contributed by atoms with Gasteiger partial charge in [-0.15, -0.1) is 0 Å². The van der Waals surface area contributed by atoms with Gasteiger partial charge in [0, 0.05) is 19.8 Å². The van der Waals surface area contributed by atoms with Gasteiger partial charge in [-0.05, 0) is 48.9 Å². The molecule has 0 N–H and O–H groups in total. The number of fused-ring (bicyclic) bond motifs is 1. The Balaban J connectivity index is 1.55. The van der Waals surface area contributed by atoms with Crippen molar-refractivity contribution in [1.82, 2.24) is 9.29 Å². The number of aromatic nitrogens is 1. The third kappa shape index (κ3) is 4.79. The van der Waals surface area contributed by atoms with Crippen LogP contribution in [0.1, 0.15) is 6.42 Å². The van der Waals surface area contributed by atoms with Crippen LogP contribution in [0.25, 0.3) is 11.1 Å². The van der Waals surface area contributed by atoms with E-state index < -0.39 is 10.0 Å². The van der Waals surface area contributed by atoms with Crippen molar-refractivity contribution in [2.45, 2.75) is 16.5 Å². The molecule has 1 heterocycles. The summed E-state index contributed by atoms with van der Waals surface area (Å²) >= 11 is 1.43. The number of hydrogen-bond donors (Lipinski definition) is 0. The van der Waals surface area contributed by atoms with Crippen molar-refractivity contribution in [2.75, 3.05) is 26.5 Å². The number of thioether (sulfide) groups is 1. The monoisotopic (exact) mass is 410 g/mol. The first-order valence-corrected chi connectivity index (χ1v) is 10.6. The largest absolute Gasteiger partial charge is 0.494 e. The molecule has 6 nitrogen and oxygen atoms in total. The fourth-order valence-electron chi connectivity index (χ4n) is 2.26. The fourth-order valence-corrected chi connectivity index (χ4v) is 3.93. The number of oxazole rings is 1. The molecule has 0 saturated heterocycles. The van der Waals surface area contributed by atoms with Crippen molar-refractivity contribution >= 4 is 32.9 Å². The van der Waals surface area contributed by atoms with E-state index in [0.29, 0.717) is 28.7 Å². The molecule has 0 radical (unpaired) electrons. The van der Waals surface area contributed by atoms with Gasteiger partial charge in [-0.3, -0.25) is 0 Å². The zero-order valence-corrected chi connectivity index (χ0v) is 16.5. The zero-order valence-electron chi connectivity index (χ0n) is 14.9. The van der Waals surface area contributed by atoms with Gasteiger partial charge in [-0.1, -0.05) is 11.8 Å². The molecule has 0 bridgehead atoms. The van der Waals surface area contributed by atoms with Crippen molar-refractivity contribution < 1.29 is 22.0 Å². The van der Waals surface area contributed by atoms with E-state index in [1.165, 1.54) is 50.1 Å². The maximum atomic E-state index is 12.8. The first kappa shape index (κ1) is 19.7. The van der Waals surface area contributed by atoms with Gasteiger partial charge in [0.1, 0.15) is 17.1 Å². The highest BCUT2D eigenvalue weighted by atomic mass is 32.2. The second-order valence-electron chi connectivity index (χ2n) is 5.90. The summed E-state index contributed by atoms with van der Waals surface area (Å²) in [6.07, 6.45) is 0.751. The minimum atomic E-state index is -3.51. The molecule has 0 saturated carbocycles. The van der Waals surface area contributed by atoms with E-state index >= 15 is 0 Å². The summed E-state index contributed by atoms with van der Waals surface area (Å²) in [7, 11) is -0.540. The Morgan fingerprint density at radius 2 is 1.93 bits per heavy atom. The van der Waals surface area contributed by atoms with Crippen LogP contribution >= 0.6 is 11.8 Å². The second-order valence-corrected chi connectivity index (χ2v) is 9.10. The zero-order chi connectivity index (χ0) is 19.4. The van der Waals surface area contributed by atoms with Gasteiger partial charge in [-0.25, -0.2) is 22.1 Å². The Morgan fingerprint density at radius 1 is 1.19 bits per heavy atom. The number of ether oxygens (including phenoxy) is 1. The molecule has 1 aromatic heterocycles. The second kappa shape index (κ2) is 8.28. The van der Waals surface area contributed by atoms with E-state index in [0.717, 1.165) is 16.5 Å². The van der Waals surface area contributed by atoms with Crippen LogP contribution in [0.4, 0.5) is 4.39 Å². The standard InChI is InChI=1S/C18H19FN2O4S2/c1-21(2)27(22,23)15-8-9-17-16(12-15)20-18(25-17)26-11-3-10-24-14-6-4-13(19)5-7-14/h4-9,12H,3,10-11H2,1-2H3. The maximum absolute atomic E-state index is 12.8. The highest BCUT2D eigenvalue weighted by Crippen LogP contribution is 2.26. The number of halogens is 1. The van der Waals surface area contributed by atoms with E-state index in [1.54, 1.807) is 18.2 Å². The molecule has 144 valence electrons. The molecule has 0 unspecified atom stereocenters. The lowest BCUT2D eigenvalue weighted by atomic mass is 10.3. The molecule has 0 aliphatic rings. The topological polar surface area (TPSA) is 72.6 Å². The van der Waals surface area contributed by atoms with Crippen molar-refractivity contribution in [2.24, 2.45) is 0 Å². The Kier molecular flexibility index (Phi) is 6.03. The molecule has 0 spiro atoms. The highest BCUT2D eigenvalue weighted by molar-refractivity contribution is 7.99. The summed E-state index contributed by atoms with van der Waals surface area (Å²) in [5.74, 6) is 1.05. The first-order valence-electron chi connectivity index (χ1n) is 8.20. The molecule has 27 heavy (non-hydrogen) atoms. The molecule has 3 aromatic rings. The van der Waals surface area contributed by atoms with Crippen LogP contribution < -0.4 is 4.74 Å². The maximum Gasteiger partial charge on any atom is 0.256 e. The van der Waals surface area contributed by atoms with Gasteiger partial charge >= 0.3 is 0 Å². The highest BCUT2D eigenvalue weighted by Gasteiger charge is 2.18. The third-order valence-electron chi connectivity index (χ3n) is 3.71. The van der Waals surface area contributed by atoms with Gasteiger partial charge in [-0.2, -0.15) is 0 Å². The van der Waals surface area contributed by atoms with E-state index in [9.17, 15) is 12.8 Å². The number of rotatable bonds is 8. The summed E-state index contributed by atoms with van der Waals surface area (Å²) in [5, 5.41) is 0.478. The predicted octanol–water partition coefficient (Wildman–Crippen LogP) is 3.78. The minimum Gasteiger partial charge on any atom is -0.494 e. The van der Waals surface area contributed by atoms with Crippen molar-refractivity contribution in [3.63, 3.8) is 0 Å². The molecule has 0 amide bonds. The van der Waals surface area contributed by atoms with Crippen LogP contribution in [0.2, 0.25) is 0 Å². The molecule has 0 aliphatic carbocycles. The van der Waals surface area contributed by atoms with Crippen LogP contribution in [0.5, 0.6) is 5.75 Å². The molecule has 0 fully saturated rings. The molecular weight excluding hydrogens is 391 g/mol. The van der Waals surface area contributed by atoms with Crippen molar-refractivity contribution in [3.05, 3.63) is 48.3 Å². The van der Waals surface area contributed by atoms with E-state index in [1.807, 2.05) is 0 Å². The van der Waals surface area contributed by atoms with Gasteiger partial charge in [0.25, 0.3) is 5.22 Å². The normalized spacial score (nSPS) is 12.0. The molecule has 3 rings (SSSR count). The average Bonchev–Trinajstić information content (AvgIpc) is 3.04. The Bertz CT molecular complexity index is 1020. The average molecular weight is 410 g/mol. The SMILES string of the molecule is CN(C)S(=O)(=O)c1ccc2oc(SCCCOc3ccc(F)cc3)nc2c1. The summed E-state index contributed by atoms with van der Waals surface area (Å²) < 4.78 is 49.5. The lowest BCUT2D eigenvalue weighted by molar-refractivity contribution is 0.318. The molecule has 2 aromatic carbocycles. The number of sulfonamides is 1. The van der Waals surface area contributed by atoms with Gasteiger partial charge in [0.05, 0.1) is 11.5 Å². The van der Waals surface area contributed by atoms with Crippen LogP contribution in [-0.2, 0) is 10.0 Å². The van der Waals surface area contributed by atoms with Crippen LogP contribution in [-0.4, -0.2) is 44.2 Å². The molecule has 0 atom stereocenters. The van der Waals surface area contributed by atoms with Crippen LogP contribution in [0.3, 0.4) is 0 Å². The Morgan fingerprint density at radius 3 is 2.63 bits per heavy atom. The minimum absolute atomic E-state index is 0.178. The Hall–Kier alpha value is -2.10. The number of hydrogen-bond acceptors (Lipinski definition) is 6. The van der Waals surface area contributed by atoms with E-state index in [4.69, 9.17) is 9.15 Å². The van der Waals surface area contributed by atoms with E-state index in [-0.39, 0.29) is 10.7 Å². The summed E-state index contributed by atoms with van der Waals surface area (Å²) in [6, 6.07) is 10.5. The molecule has 0 aliphatic heterocycles. The number of nitrogens with zero attached hydrogens (tertiary/aromatic N) is 2. The lowest BCUT2D eigenvalue weighted by Gasteiger charge is -2.10. The number of benzene rings is 2. The van der Waals surface area contributed by atoms with Crippen LogP contribution in [0.15, 0.2) is 57.0 Å². The third-order valence-corrected chi connectivity index (χ3v) is 6.44. The quantitative estimate of drug-likeness (QED) is 0.416. The van der Waals surface area contributed by atoms with Gasteiger partial charge in [0.15, 0.2) is 5.58 Å². The predicted molar refractivity (Wildman–Crippen MR) is 102 cm³/mol. The first-order chi connectivity index (χ1) is 12.9. The summed E-state index contributed by atoms with van der Waals surface area (Å²) in [5.41, 5.74) is 1.04. The molecule has 9 heteroatoms. The van der Waals surface area contributed by atoms with Crippen LogP contribution in [0, 0.1) is 5.82 Å². The van der Waals surface area contributed by atoms with Crippen molar-refractivity contribution in [3.8, 4) is 5.75 Å². The summed E-state index contributed by atoms with van der Waals surface area (Å²) in [6.45, 7) is 0.490. The lowest BCUT2D eigenvalue weighted by Crippen LogP contribution is -2.22.